The summed E-state index contributed by atoms with van der Waals surface area (Å²) in [5.41, 5.74) is 0.309. The molecule has 0 spiro atoms. The number of hydrogen-bond acceptors (Lipinski definition) is 4. The molecule has 0 heterocycles. The Morgan fingerprint density at radius 3 is 2.57 bits per heavy atom. The first-order valence-electron chi connectivity index (χ1n) is 7.21. The molecule has 0 fully saturated rings. The molecule has 0 aromatic heterocycles. The van der Waals surface area contributed by atoms with Gasteiger partial charge in [-0.05, 0) is 58.3 Å². The molecule has 21 heavy (non-hydrogen) atoms. The van der Waals surface area contributed by atoms with E-state index in [0.717, 1.165) is 26.1 Å². The molecule has 0 saturated heterocycles. The van der Waals surface area contributed by atoms with Crippen LogP contribution in [0.3, 0.4) is 0 Å². The van der Waals surface area contributed by atoms with E-state index in [2.05, 4.69) is 9.80 Å². The van der Waals surface area contributed by atoms with E-state index in [0.29, 0.717) is 11.3 Å². The van der Waals surface area contributed by atoms with Gasteiger partial charge in [0.1, 0.15) is 11.6 Å². The summed E-state index contributed by atoms with van der Waals surface area (Å²) in [6, 6.07) is 4.03. The van der Waals surface area contributed by atoms with E-state index in [1.54, 1.807) is 0 Å². The van der Waals surface area contributed by atoms with Gasteiger partial charge in [-0.3, -0.25) is 9.69 Å². The molecule has 0 radical (unpaired) electrons. The fourth-order valence-electron chi connectivity index (χ4n) is 2.15. The molecule has 0 unspecified atom stereocenters. The maximum absolute atomic E-state index is 13.3. The summed E-state index contributed by atoms with van der Waals surface area (Å²) in [6.07, 6.45) is 0.994. The van der Waals surface area contributed by atoms with E-state index >= 15 is 0 Å². The zero-order valence-corrected chi connectivity index (χ0v) is 13.4. The third-order valence-electron chi connectivity index (χ3n) is 3.36. The van der Waals surface area contributed by atoms with Gasteiger partial charge in [-0.25, -0.2) is 4.39 Å². The van der Waals surface area contributed by atoms with Gasteiger partial charge in [0.25, 0.3) is 0 Å². The number of halogens is 1. The smallest absolute Gasteiger partial charge is 0.180 e. The molecule has 4 nitrogen and oxygen atoms in total. The number of hydrogen-bond donors (Lipinski definition) is 0. The predicted octanol–water partition coefficient (Wildman–Crippen LogP) is 2.29. The number of Topliss-reactive ketones (excluding diaryl/α,β-unsaturated/α-hetero) is 1. The number of methoxy groups -OCH3 is 1. The van der Waals surface area contributed by atoms with Crippen LogP contribution in [-0.4, -0.2) is 63.0 Å². The van der Waals surface area contributed by atoms with Crippen molar-refractivity contribution in [2.45, 2.75) is 13.3 Å². The first-order chi connectivity index (χ1) is 9.97. The summed E-state index contributed by atoms with van der Waals surface area (Å²) in [4.78, 5) is 16.5. The third-order valence-corrected chi connectivity index (χ3v) is 3.36. The minimum atomic E-state index is -0.421. The lowest BCUT2D eigenvalue weighted by atomic mass is 10.1. The van der Waals surface area contributed by atoms with E-state index < -0.39 is 5.82 Å². The van der Waals surface area contributed by atoms with Crippen LogP contribution in [0.25, 0.3) is 0 Å². The van der Waals surface area contributed by atoms with Crippen LogP contribution in [0.1, 0.15) is 23.7 Å². The van der Waals surface area contributed by atoms with Crippen molar-refractivity contribution in [2.75, 3.05) is 47.4 Å². The number of nitrogens with zero attached hydrogens (tertiary/aromatic N) is 2. The van der Waals surface area contributed by atoms with E-state index in [-0.39, 0.29) is 12.3 Å². The number of rotatable bonds is 9. The molecular weight excluding hydrogens is 271 g/mol. The zero-order chi connectivity index (χ0) is 15.8. The van der Waals surface area contributed by atoms with Gasteiger partial charge in [0.05, 0.1) is 19.2 Å². The summed E-state index contributed by atoms with van der Waals surface area (Å²) >= 11 is 0. The Kier molecular flexibility index (Phi) is 7.32. The highest BCUT2D eigenvalue weighted by Crippen LogP contribution is 2.20. The van der Waals surface area contributed by atoms with Gasteiger partial charge in [0, 0.05) is 0 Å². The highest BCUT2D eigenvalue weighted by molar-refractivity contribution is 6.00. The Balaban J connectivity index is 2.67. The number of ketones is 1. The van der Waals surface area contributed by atoms with Crippen molar-refractivity contribution in [1.82, 2.24) is 9.80 Å². The van der Waals surface area contributed by atoms with E-state index in [1.165, 1.54) is 25.3 Å². The summed E-state index contributed by atoms with van der Waals surface area (Å²) in [5, 5.41) is 0. The van der Waals surface area contributed by atoms with Crippen LogP contribution in [0.5, 0.6) is 5.75 Å². The van der Waals surface area contributed by atoms with E-state index in [1.807, 2.05) is 21.0 Å². The molecule has 0 aliphatic carbocycles. The predicted molar refractivity (Wildman–Crippen MR) is 82.6 cm³/mol. The SMILES string of the molecule is CCN(CCCN(C)C)CC(=O)c1cc(F)ccc1OC. The fraction of sp³-hybridized carbons (Fsp3) is 0.562. The maximum atomic E-state index is 13.3. The van der Waals surface area contributed by atoms with Crippen LogP contribution < -0.4 is 4.74 Å². The molecule has 0 aliphatic heterocycles. The molecule has 0 atom stereocenters. The first-order valence-corrected chi connectivity index (χ1v) is 7.21. The van der Waals surface area contributed by atoms with Crippen LogP contribution in [0.15, 0.2) is 18.2 Å². The van der Waals surface area contributed by atoms with Crippen molar-refractivity contribution in [3.63, 3.8) is 0 Å². The number of benzene rings is 1. The van der Waals surface area contributed by atoms with Crippen molar-refractivity contribution in [3.05, 3.63) is 29.6 Å². The van der Waals surface area contributed by atoms with Gasteiger partial charge in [-0.2, -0.15) is 0 Å². The van der Waals surface area contributed by atoms with Gasteiger partial charge >= 0.3 is 0 Å². The number of likely N-dealkylation sites (N-methyl/N-ethyl adjacent to an activating group) is 1. The second kappa shape index (κ2) is 8.74. The quantitative estimate of drug-likeness (QED) is 0.655. The van der Waals surface area contributed by atoms with Crippen molar-refractivity contribution in [2.24, 2.45) is 0 Å². The van der Waals surface area contributed by atoms with Gasteiger partial charge in [0.15, 0.2) is 5.78 Å². The fourth-order valence-corrected chi connectivity index (χ4v) is 2.15. The van der Waals surface area contributed by atoms with Crippen LogP contribution in [0, 0.1) is 5.82 Å². The van der Waals surface area contributed by atoms with Crippen molar-refractivity contribution in [3.8, 4) is 5.75 Å². The molecule has 0 saturated carbocycles. The van der Waals surface area contributed by atoms with Gasteiger partial charge in [0.2, 0.25) is 0 Å². The zero-order valence-electron chi connectivity index (χ0n) is 13.4. The highest BCUT2D eigenvalue weighted by atomic mass is 19.1. The molecule has 1 rings (SSSR count). The Labute approximate surface area is 126 Å². The lowest BCUT2D eigenvalue weighted by Crippen LogP contribution is -2.32. The first kappa shape index (κ1) is 17.6. The minimum absolute atomic E-state index is 0.113. The molecule has 5 heteroatoms. The average molecular weight is 296 g/mol. The Hall–Kier alpha value is -1.46. The largest absolute Gasteiger partial charge is 0.496 e. The Morgan fingerprint density at radius 1 is 1.29 bits per heavy atom. The van der Waals surface area contributed by atoms with Crippen LogP contribution >= 0.6 is 0 Å². The number of carbonyl (C=O) groups excluding carboxylic acids is 1. The molecule has 0 N–H and O–H groups in total. The molecule has 1 aromatic carbocycles. The molecule has 1 aromatic rings. The maximum Gasteiger partial charge on any atom is 0.180 e. The second-order valence-electron chi connectivity index (χ2n) is 5.29. The highest BCUT2D eigenvalue weighted by Gasteiger charge is 2.16. The Bertz CT molecular complexity index is 464. The molecule has 0 aliphatic rings. The summed E-state index contributed by atoms with van der Waals surface area (Å²) < 4.78 is 18.5. The number of carbonyl (C=O) groups is 1. The lowest BCUT2D eigenvalue weighted by Gasteiger charge is -2.21. The van der Waals surface area contributed by atoms with Crippen LogP contribution in [-0.2, 0) is 0 Å². The molecule has 118 valence electrons. The van der Waals surface area contributed by atoms with Crippen LogP contribution in [0.4, 0.5) is 4.39 Å². The molecule has 0 bridgehead atoms. The van der Waals surface area contributed by atoms with Gasteiger partial charge < -0.3 is 9.64 Å². The van der Waals surface area contributed by atoms with Crippen molar-refractivity contribution < 1.29 is 13.9 Å². The number of ether oxygens (including phenoxy) is 1. The Morgan fingerprint density at radius 2 is 2.00 bits per heavy atom. The summed E-state index contributed by atoms with van der Waals surface area (Å²) in [7, 11) is 5.54. The minimum Gasteiger partial charge on any atom is -0.496 e. The van der Waals surface area contributed by atoms with E-state index in [9.17, 15) is 9.18 Å². The topological polar surface area (TPSA) is 32.8 Å². The van der Waals surface area contributed by atoms with Gasteiger partial charge in [-0.1, -0.05) is 6.92 Å². The van der Waals surface area contributed by atoms with Crippen molar-refractivity contribution >= 4 is 5.78 Å². The lowest BCUT2D eigenvalue weighted by molar-refractivity contribution is 0.0928. The molecular formula is C16H25FN2O2. The normalized spacial score (nSPS) is 11.2. The summed E-state index contributed by atoms with van der Waals surface area (Å²) in [6.45, 7) is 4.91. The van der Waals surface area contributed by atoms with E-state index in [4.69, 9.17) is 4.74 Å². The second-order valence-corrected chi connectivity index (χ2v) is 5.29. The van der Waals surface area contributed by atoms with Crippen molar-refractivity contribution in [1.29, 1.82) is 0 Å². The summed E-state index contributed by atoms with van der Waals surface area (Å²) in [5.74, 6) is -0.112. The average Bonchev–Trinajstić information content (AvgIpc) is 2.45. The third kappa shape index (κ3) is 5.81. The van der Waals surface area contributed by atoms with Crippen LogP contribution in [0.2, 0.25) is 0 Å². The standard InChI is InChI=1S/C16H25FN2O2/c1-5-19(10-6-9-18(2)3)12-15(20)14-11-13(17)7-8-16(14)21-4/h7-8,11H,5-6,9-10,12H2,1-4H3. The molecule has 0 amide bonds. The monoisotopic (exact) mass is 296 g/mol. The van der Waals surface area contributed by atoms with Gasteiger partial charge in [-0.15, -0.1) is 0 Å².